The summed E-state index contributed by atoms with van der Waals surface area (Å²) in [5, 5.41) is 8.89. The molecule has 2 aromatic heterocycles. The second-order valence-electron chi connectivity index (χ2n) is 5.68. The average Bonchev–Trinajstić information content (AvgIpc) is 3.03. The lowest BCUT2D eigenvalue weighted by Gasteiger charge is -2.11. The predicted molar refractivity (Wildman–Crippen MR) is 101 cm³/mol. The highest BCUT2D eigenvalue weighted by Gasteiger charge is 2.20. The molecule has 6 nitrogen and oxygen atoms in total. The molecule has 3 rings (SSSR count). The highest BCUT2D eigenvalue weighted by atomic mass is 32.2. The van der Waals surface area contributed by atoms with Crippen molar-refractivity contribution in [2.75, 3.05) is 6.61 Å². The van der Waals surface area contributed by atoms with E-state index in [0.717, 1.165) is 17.1 Å². The number of carbonyl (C=O) groups is 1. The van der Waals surface area contributed by atoms with E-state index in [1.54, 1.807) is 24.5 Å². The SMILES string of the molecule is CCOc1ccc(C(=O)[C@H](C)Sc2nnc(-c3ccncc3)n2C)cc1. The standard InChI is InChI=1S/C19H20N4O2S/c1-4-25-16-7-5-14(6-8-16)17(24)13(2)26-19-22-21-18(23(19)3)15-9-11-20-12-10-15/h5-13H,4H2,1-3H3/t13-/m0/s1. The van der Waals surface area contributed by atoms with Crippen LogP contribution in [0.5, 0.6) is 5.75 Å². The van der Waals surface area contributed by atoms with E-state index >= 15 is 0 Å². The van der Waals surface area contributed by atoms with E-state index < -0.39 is 0 Å². The van der Waals surface area contributed by atoms with Crippen molar-refractivity contribution in [2.24, 2.45) is 7.05 Å². The first-order chi connectivity index (χ1) is 12.6. The largest absolute Gasteiger partial charge is 0.494 e. The molecule has 1 atom stereocenters. The minimum absolute atomic E-state index is 0.0477. The Kier molecular flexibility index (Phi) is 5.68. The number of pyridine rings is 1. The minimum Gasteiger partial charge on any atom is -0.494 e. The molecule has 0 saturated carbocycles. The van der Waals surface area contributed by atoms with Crippen molar-refractivity contribution in [1.82, 2.24) is 19.7 Å². The third-order valence-corrected chi connectivity index (χ3v) is 5.01. The van der Waals surface area contributed by atoms with Crippen LogP contribution < -0.4 is 4.74 Å². The molecule has 1 aromatic carbocycles. The van der Waals surface area contributed by atoms with E-state index in [1.165, 1.54) is 11.8 Å². The zero-order valence-corrected chi connectivity index (χ0v) is 15.7. The van der Waals surface area contributed by atoms with Crippen LogP contribution in [0.3, 0.4) is 0 Å². The minimum atomic E-state index is -0.277. The molecular weight excluding hydrogens is 348 g/mol. The Morgan fingerprint density at radius 2 is 1.85 bits per heavy atom. The number of rotatable bonds is 7. The summed E-state index contributed by atoms with van der Waals surface area (Å²) in [6, 6.07) is 11.0. The van der Waals surface area contributed by atoms with E-state index in [1.807, 2.05) is 49.7 Å². The molecule has 0 N–H and O–H groups in total. The van der Waals surface area contributed by atoms with Crippen LogP contribution in [0.2, 0.25) is 0 Å². The number of hydrogen-bond acceptors (Lipinski definition) is 6. The Balaban J connectivity index is 1.72. The van der Waals surface area contributed by atoms with Gasteiger partial charge in [0.05, 0.1) is 11.9 Å². The van der Waals surface area contributed by atoms with Crippen LogP contribution in [0.25, 0.3) is 11.4 Å². The van der Waals surface area contributed by atoms with Gasteiger partial charge in [-0.3, -0.25) is 9.78 Å². The van der Waals surface area contributed by atoms with Crippen molar-refractivity contribution in [2.45, 2.75) is 24.3 Å². The second kappa shape index (κ2) is 8.14. The maximum absolute atomic E-state index is 12.7. The summed E-state index contributed by atoms with van der Waals surface area (Å²) in [5.41, 5.74) is 1.59. The quantitative estimate of drug-likeness (QED) is 0.468. The van der Waals surface area contributed by atoms with Gasteiger partial charge in [0, 0.05) is 30.6 Å². The number of nitrogens with zero attached hydrogens (tertiary/aromatic N) is 4. The van der Waals surface area contributed by atoms with Gasteiger partial charge in [-0.2, -0.15) is 0 Å². The lowest BCUT2D eigenvalue weighted by Crippen LogP contribution is -2.14. The van der Waals surface area contributed by atoms with Gasteiger partial charge in [-0.05, 0) is 50.2 Å². The van der Waals surface area contributed by atoms with Gasteiger partial charge in [-0.15, -0.1) is 10.2 Å². The van der Waals surface area contributed by atoms with Crippen LogP contribution in [0.4, 0.5) is 0 Å². The molecule has 0 radical (unpaired) electrons. The molecule has 0 unspecified atom stereocenters. The molecule has 134 valence electrons. The Bertz CT molecular complexity index is 878. The smallest absolute Gasteiger partial charge is 0.191 e. The zero-order chi connectivity index (χ0) is 18.5. The molecule has 0 aliphatic carbocycles. The van der Waals surface area contributed by atoms with Crippen molar-refractivity contribution < 1.29 is 9.53 Å². The van der Waals surface area contributed by atoms with Crippen LogP contribution >= 0.6 is 11.8 Å². The summed E-state index contributed by atoms with van der Waals surface area (Å²) in [7, 11) is 1.90. The summed E-state index contributed by atoms with van der Waals surface area (Å²) in [4.78, 5) is 16.7. The molecule has 0 spiro atoms. The highest BCUT2D eigenvalue weighted by Crippen LogP contribution is 2.27. The van der Waals surface area contributed by atoms with Gasteiger partial charge in [-0.25, -0.2) is 0 Å². The fraction of sp³-hybridized carbons (Fsp3) is 0.263. The van der Waals surface area contributed by atoms with E-state index in [4.69, 9.17) is 4.74 Å². The van der Waals surface area contributed by atoms with Crippen molar-refractivity contribution in [1.29, 1.82) is 0 Å². The molecule has 0 saturated heterocycles. The Morgan fingerprint density at radius 1 is 1.15 bits per heavy atom. The van der Waals surface area contributed by atoms with Gasteiger partial charge < -0.3 is 9.30 Å². The molecule has 0 aliphatic rings. The maximum atomic E-state index is 12.7. The molecule has 0 bridgehead atoms. The van der Waals surface area contributed by atoms with Gasteiger partial charge in [0.2, 0.25) is 0 Å². The first-order valence-corrected chi connectivity index (χ1v) is 9.21. The zero-order valence-electron chi connectivity index (χ0n) is 14.9. The van der Waals surface area contributed by atoms with E-state index in [9.17, 15) is 4.79 Å². The number of Topliss-reactive ketones (excluding diaryl/α,β-unsaturated/α-hetero) is 1. The number of hydrogen-bond donors (Lipinski definition) is 0. The number of ether oxygens (including phenoxy) is 1. The molecular formula is C19H20N4O2S. The third kappa shape index (κ3) is 3.94. The van der Waals surface area contributed by atoms with Crippen LogP contribution in [-0.2, 0) is 7.05 Å². The summed E-state index contributed by atoms with van der Waals surface area (Å²) >= 11 is 1.40. The summed E-state index contributed by atoms with van der Waals surface area (Å²) in [6.45, 7) is 4.41. The molecule has 2 heterocycles. The van der Waals surface area contributed by atoms with Crippen LogP contribution in [0.1, 0.15) is 24.2 Å². The summed E-state index contributed by atoms with van der Waals surface area (Å²) < 4.78 is 7.31. The van der Waals surface area contributed by atoms with Crippen LogP contribution in [0, 0.1) is 0 Å². The first kappa shape index (κ1) is 18.1. The van der Waals surface area contributed by atoms with Gasteiger partial charge in [0.25, 0.3) is 0 Å². The number of aromatic nitrogens is 4. The first-order valence-electron chi connectivity index (χ1n) is 8.33. The number of thioether (sulfide) groups is 1. The molecule has 0 fully saturated rings. The van der Waals surface area contributed by atoms with Gasteiger partial charge in [-0.1, -0.05) is 11.8 Å². The van der Waals surface area contributed by atoms with Gasteiger partial charge in [0.1, 0.15) is 5.75 Å². The fourth-order valence-electron chi connectivity index (χ4n) is 2.50. The number of benzene rings is 1. The van der Waals surface area contributed by atoms with E-state index in [-0.39, 0.29) is 11.0 Å². The van der Waals surface area contributed by atoms with E-state index in [2.05, 4.69) is 15.2 Å². The fourth-order valence-corrected chi connectivity index (χ4v) is 3.39. The Labute approximate surface area is 156 Å². The molecule has 7 heteroatoms. The topological polar surface area (TPSA) is 69.9 Å². The normalized spacial score (nSPS) is 12.0. The third-order valence-electron chi connectivity index (χ3n) is 3.87. The number of carbonyl (C=O) groups excluding carboxylic acids is 1. The van der Waals surface area contributed by atoms with Crippen molar-refractivity contribution in [3.8, 4) is 17.1 Å². The lowest BCUT2D eigenvalue weighted by molar-refractivity contribution is 0.0994. The van der Waals surface area contributed by atoms with Crippen LogP contribution in [0.15, 0.2) is 53.9 Å². The summed E-state index contributed by atoms with van der Waals surface area (Å²) in [6.07, 6.45) is 3.43. The maximum Gasteiger partial charge on any atom is 0.191 e. The van der Waals surface area contributed by atoms with Gasteiger partial charge in [0.15, 0.2) is 16.8 Å². The molecule has 3 aromatic rings. The van der Waals surface area contributed by atoms with Gasteiger partial charge >= 0.3 is 0 Å². The van der Waals surface area contributed by atoms with Crippen molar-refractivity contribution in [3.63, 3.8) is 0 Å². The second-order valence-corrected chi connectivity index (χ2v) is 6.99. The molecule has 26 heavy (non-hydrogen) atoms. The predicted octanol–water partition coefficient (Wildman–Crippen LogP) is 3.64. The van der Waals surface area contributed by atoms with Crippen LogP contribution in [-0.4, -0.2) is 37.4 Å². The highest BCUT2D eigenvalue weighted by molar-refractivity contribution is 8.00. The molecule has 0 amide bonds. The van der Waals surface area contributed by atoms with Crippen molar-refractivity contribution in [3.05, 3.63) is 54.4 Å². The lowest BCUT2D eigenvalue weighted by atomic mass is 10.1. The number of ketones is 1. The average molecular weight is 368 g/mol. The summed E-state index contributed by atoms with van der Waals surface area (Å²) in [5.74, 6) is 1.56. The van der Waals surface area contributed by atoms with Crippen molar-refractivity contribution >= 4 is 17.5 Å². The Hall–Kier alpha value is -2.67. The molecule has 0 aliphatic heterocycles. The Morgan fingerprint density at radius 3 is 2.50 bits per heavy atom. The van der Waals surface area contributed by atoms with E-state index in [0.29, 0.717) is 17.3 Å². The monoisotopic (exact) mass is 368 g/mol.